The Hall–Kier alpha value is -2.42. The van der Waals surface area contributed by atoms with E-state index < -0.39 is 0 Å². The molecule has 2 rings (SSSR count). The molecule has 1 aromatic carbocycles. The van der Waals surface area contributed by atoms with Crippen molar-refractivity contribution in [3.63, 3.8) is 0 Å². The second-order valence-corrected chi connectivity index (χ2v) is 4.85. The van der Waals surface area contributed by atoms with Crippen LogP contribution in [-0.2, 0) is 4.79 Å². The van der Waals surface area contributed by atoms with Crippen LogP contribution >= 0.6 is 0 Å². The molecule has 0 unspecified atom stereocenters. The first-order valence-electron chi connectivity index (χ1n) is 6.65. The summed E-state index contributed by atoms with van der Waals surface area (Å²) in [5, 5.41) is 2.92. The first kappa shape index (κ1) is 14.0. The molecule has 3 nitrogen and oxygen atoms in total. The largest absolute Gasteiger partial charge is 0.322 e. The predicted octanol–water partition coefficient (Wildman–Crippen LogP) is 3.86. The van der Waals surface area contributed by atoms with Gasteiger partial charge in [-0.15, -0.1) is 0 Å². The van der Waals surface area contributed by atoms with Gasteiger partial charge in [-0.05, 0) is 35.3 Å². The van der Waals surface area contributed by atoms with E-state index in [2.05, 4.69) is 24.1 Å². The number of carbonyl (C=O) groups is 1. The van der Waals surface area contributed by atoms with Crippen molar-refractivity contribution in [1.29, 1.82) is 0 Å². The number of carbonyl (C=O) groups excluding carboxylic acids is 1. The minimum absolute atomic E-state index is 0.137. The van der Waals surface area contributed by atoms with Crippen LogP contribution in [0.15, 0.2) is 54.9 Å². The van der Waals surface area contributed by atoms with Gasteiger partial charge in [0.2, 0.25) is 5.91 Å². The lowest BCUT2D eigenvalue weighted by Crippen LogP contribution is -2.10. The van der Waals surface area contributed by atoms with E-state index in [-0.39, 0.29) is 5.91 Å². The zero-order valence-corrected chi connectivity index (χ0v) is 11.7. The van der Waals surface area contributed by atoms with Crippen molar-refractivity contribution < 1.29 is 4.79 Å². The summed E-state index contributed by atoms with van der Waals surface area (Å²) in [6.45, 7) is 4.22. The number of hydrogen-bond donors (Lipinski definition) is 1. The number of para-hydroxylation sites is 1. The van der Waals surface area contributed by atoms with E-state index in [1.54, 1.807) is 18.5 Å². The summed E-state index contributed by atoms with van der Waals surface area (Å²) in [7, 11) is 0. The summed E-state index contributed by atoms with van der Waals surface area (Å²) in [5.74, 6) is 0.232. The van der Waals surface area contributed by atoms with E-state index in [4.69, 9.17) is 0 Å². The zero-order chi connectivity index (χ0) is 14.4. The van der Waals surface area contributed by atoms with Gasteiger partial charge in [-0.1, -0.05) is 38.1 Å². The van der Waals surface area contributed by atoms with Crippen molar-refractivity contribution in [2.75, 3.05) is 5.32 Å². The van der Waals surface area contributed by atoms with Crippen molar-refractivity contribution in [3.8, 4) is 0 Å². The van der Waals surface area contributed by atoms with Crippen LogP contribution in [-0.4, -0.2) is 10.9 Å². The van der Waals surface area contributed by atoms with Crippen molar-refractivity contribution in [2.45, 2.75) is 19.8 Å². The molecule has 0 radical (unpaired) electrons. The molecule has 0 aliphatic heterocycles. The molecule has 0 aliphatic carbocycles. The van der Waals surface area contributed by atoms with Gasteiger partial charge < -0.3 is 5.32 Å². The molecule has 0 saturated carbocycles. The van der Waals surface area contributed by atoms with Crippen LogP contribution in [0.2, 0.25) is 0 Å². The Kier molecular flexibility index (Phi) is 4.66. The second kappa shape index (κ2) is 6.66. The monoisotopic (exact) mass is 266 g/mol. The zero-order valence-electron chi connectivity index (χ0n) is 11.7. The molecular formula is C17H18N2O. The first-order chi connectivity index (χ1) is 9.66. The molecule has 0 spiro atoms. The normalized spacial score (nSPS) is 10.9. The molecule has 0 atom stereocenters. The highest BCUT2D eigenvalue weighted by Crippen LogP contribution is 2.23. The van der Waals surface area contributed by atoms with Crippen LogP contribution in [0.4, 0.5) is 5.69 Å². The Balaban J connectivity index is 2.07. The van der Waals surface area contributed by atoms with Crippen LogP contribution in [0, 0.1) is 0 Å². The average molecular weight is 266 g/mol. The summed E-state index contributed by atoms with van der Waals surface area (Å²) in [6, 6.07) is 11.6. The molecule has 102 valence electrons. The molecule has 3 heteroatoms. The number of hydrogen-bond acceptors (Lipinski definition) is 2. The molecule has 0 bridgehead atoms. The Bertz CT molecular complexity index is 603. The average Bonchev–Trinajstić information content (AvgIpc) is 2.46. The Morgan fingerprint density at radius 2 is 2.00 bits per heavy atom. The van der Waals surface area contributed by atoms with Gasteiger partial charge in [0.25, 0.3) is 0 Å². The van der Waals surface area contributed by atoms with E-state index in [9.17, 15) is 4.79 Å². The maximum absolute atomic E-state index is 11.9. The summed E-state index contributed by atoms with van der Waals surface area (Å²) >= 11 is 0. The van der Waals surface area contributed by atoms with E-state index >= 15 is 0 Å². The van der Waals surface area contributed by atoms with E-state index in [0.717, 1.165) is 16.8 Å². The SMILES string of the molecule is CC(C)c1ccccc1NC(=O)/C=C/c1cccnc1. The number of rotatable bonds is 4. The third kappa shape index (κ3) is 3.79. The van der Waals surface area contributed by atoms with Gasteiger partial charge in [0.05, 0.1) is 0 Å². The third-order valence-corrected chi connectivity index (χ3v) is 2.95. The van der Waals surface area contributed by atoms with Gasteiger partial charge in [0.15, 0.2) is 0 Å². The number of benzene rings is 1. The number of pyridine rings is 1. The fourth-order valence-electron chi connectivity index (χ4n) is 1.94. The van der Waals surface area contributed by atoms with Gasteiger partial charge >= 0.3 is 0 Å². The van der Waals surface area contributed by atoms with Gasteiger partial charge in [0.1, 0.15) is 0 Å². The summed E-state index contributed by atoms with van der Waals surface area (Å²) < 4.78 is 0. The lowest BCUT2D eigenvalue weighted by molar-refractivity contribution is -0.111. The smallest absolute Gasteiger partial charge is 0.248 e. The van der Waals surface area contributed by atoms with E-state index in [1.807, 2.05) is 36.4 Å². The molecule has 1 N–H and O–H groups in total. The number of nitrogens with one attached hydrogen (secondary N) is 1. The van der Waals surface area contributed by atoms with Crippen molar-refractivity contribution >= 4 is 17.7 Å². The summed E-state index contributed by atoms with van der Waals surface area (Å²) in [6.07, 6.45) is 6.69. The number of aromatic nitrogens is 1. The fourth-order valence-corrected chi connectivity index (χ4v) is 1.94. The number of anilines is 1. The predicted molar refractivity (Wildman–Crippen MR) is 82.4 cm³/mol. The maximum atomic E-state index is 11.9. The van der Waals surface area contributed by atoms with Crippen LogP contribution in [0.25, 0.3) is 6.08 Å². The van der Waals surface area contributed by atoms with Gasteiger partial charge in [-0.3, -0.25) is 9.78 Å². The highest BCUT2D eigenvalue weighted by Gasteiger charge is 2.07. The van der Waals surface area contributed by atoms with Crippen molar-refractivity contribution in [1.82, 2.24) is 4.98 Å². The summed E-state index contributed by atoms with van der Waals surface area (Å²) in [4.78, 5) is 15.9. The standard InChI is InChI=1S/C17H18N2O/c1-13(2)15-7-3-4-8-16(15)19-17(20)10-9-14-6-5-11-18-12-14/h3-13H,1-2H3,(H,19,20)/b10-9+. The van der Waals surface area contributed by atoms with E-state index in [0.29, 0.717) is 5.92 Å². The Labute approximate surface area is 119 Å². The molecule has 0 aliphatic rings. The topological polar surface area (TPSA) is 42.0 Å². The molecule has 2 aromatic rings. The maximum Gasteiger partial charge on any atom is 0.248 e. The van der Waals surface area contributed by atoms with Crippen molar-refractivity contribution in [3.05, 3.63) is 66.0 Å². The molecule has 20 heavy (non-hydrogen) atoms. The van der Waals surface area contributed by atoms with Gasteiger partial charge in [0, 0.05) is 24.2 Å². The number of nitrogens with zero attached hydrogens (tertiary/aromatic N) is 1. The molecule has 1 amide bonds. The molecule has 0 fully saturated rings. The van der Waals surface area contributed by atoms with Crippen LogP contribution in [0.5, 0.6) is 0 Å². The van der Waals surface area contributed by atoms with Gasteiger partial charge in [-0.2, -0.15) is 0 Å². The van der Waals surface area contributed by atoms with Crippen LogP contribution in [0.3, 0.4) is 0 Å². The second-order valence-electron chi connectivity index (χ2n) is 4.85. The highest BCUT2D eigenvalue weighted by molar-refractivity contribution is 6.02. The lowest BCUT2D eigenvalue weighted by Gasteiger charge is -2.12. The summed E-state index contributed by atoms with van der Waals surface area (Å²) in [5.41, 5.74) is 2.90. The van der Waals surface area contributed by atoms with Crippen molar-refractivity contribution in [2.24, 2.45) is 0 Å². The van der Waals surface area contributed by atoms with E-state index in [1.165, 1.54) is 6.08 Å². The number of amides is 1. The Morgan fingerprint density at radius 1 is 1.20 bits per heavy atom. The molecule has 1 aromatic heterocycles. The molecular weight excluding hydrogens is 248 g/mol. The Morgan fingerprint density at radius 3 is 2.70 bits per heavy atom. The van der Waals surface area contributed by atoms with Crippen LogP contribution in [0.1, 0.15) is 30.9 Å². The minimum atomic E-state index is -0.137. The minimum Gasteiger partial charge on any atom is -0.322 e. The highest BCUT2D eigenvalue weighted by atomic mass is 16.1. The molecule has 0 saturated heterocycles. The third-order valence-electron chi connectivity index (χ3n) is 2.95. The lowest BCUT2D eigenvalue weighted by atomic mass is 10.0. The first-order valence-corrected chi connectivity index (χ1v) is 6.65. The molecule has 1 heterocycles. The van der Waals surface area contributed by atoms with Crippen LogP contribution < -0.4 is 5.32 Å². The van der Waals surface area contributed by atoms with Gasteiger partial charge in [-0.25, -0.2) is 0 Å². The quantitative estimate of drug-likeness (QED) is 0.854. The fraction of sp³-hybridized carbons (Fsp3) is 0.176.